The largest absolute Gasteiger partial charge is 0.393 e. The Morgan fingerprint density at radius 3 is 2.62 bits per heavy atom. The van der Waals surface area contributed by atoms with Gasteiger partial charge in [-0.15, -0.1) is 0 Å². The van der Waals surface area contributed by atoms with Crippen LogP contribution in [0.25, 0.3) is 0 Å². The lowest BCUT2D eigenvalue weighted by Crippen LogP contribution is -2.37. The molecule has 7 heteroatoms. The van der Waals surface area contributed by atoms with Crippen molar-refractivity contribution in [2.24, 2.45) is 5.92 Å². The molecule has 138 valence electrons. The highest BCUT2D eigenvalue weighted by molar-refractivity contribution is 6.39. The van der Waals surface area contributed by atoms with Crippen molar-refractivity contribution in [3.05, 3.63) is 23.3 Å². The molecule has 2 aliphatic heterocycles. The lowest BCUT2D eigenvalue weighted by Gasteiger charge is -2.25. The predicted octanol–water partition coefficient (Wildman–Crippen LogP) is 0.738. The summed E-state index contributed by atoms with van der Waals surface area (Å²) in [6, 6.07) is 3.70. The Bertz CT molecular complexity index is 772. The van der Waals surface area contributed by atoms with Gasteiger partial charge in [-0.05, 0) is 61.3 Å². The lowest BCUT2D eigenvalue weighted by molar-refractivity contribution is -0.136. The minimum atomic E-state index is -0.709. The molecule has 1 aromatic rings. The van der Waals surface area contributed by atoms with Crippen molar-refractivity contribution in [3.63, 3.8) is 0 Å². The van der Waals surface area contributed by atoms with Gasteiger partial charge in [-0.3, -0.25) is 14.4 Å². The first-order valence-corrected chi connectivity index (χ1v) is 9.26. The first kappa shape index (κ1) is 17.0. The number of aliphatic hydroxyl groups excluding tert-OH is 1. The number of hydrogen-bond donors (Lipinski definition) is 3. The smallest absolute Gasteiger partial charge is 0.313 e. The highest BCUT2D eigenvalue weighted by Gasteiger charge is 2.32. The van der Waals surface area contributed by atoms with Crippen molar-refractivity contribution < 1.29 is 19.5 Å². The maximum absolute atomic E-state index is 12.1. The van der Waals surface area contributed by atoms with E-state index in [1.54, 1.807) is 0 Å². The molecule has 0 radical (unpaired) electrons. The van der Waals surface area contributed by atoms with Gasteiger partial charge >= 0.3 is 11.8 Å². The number of aryl methyl sites for hydroxylation is 1. The molecular weight excluding hydrogens is 334 g/mol. The Hall–Kier alpha value is -2.41. The molecule has 1 fully saturated rings. The molecule has 1 aromatic carbocycles. The maximum atomic E-state index is 12.1. The van der Waals surface area contributed by atoms with Gasteiger partial charge in [-0.25, -0.2) is 0 Å². The Morgan fingerprint density at radius 1 is 1.15 bits per heavy atom. The van der Waals surface area contributed by atoms with E-state index in [9.17, 15) is 19.5 Å². The topological polar surface area (TPSA) is 98.7 Å². The van der Waals surface area contributed by atoms with E-state index in [0.29, 0.717) is 37.4 Å². The van der Waals surface area contributed by atoms with Crippen LogP contribution in [0.2, 0.25) is 0 Å². The Labute approximate surface area is 151 Å². The Balaban J connectivity index is 1.36. The SMILES string of the molecule is O=C(NCC[C@@H](O)C1CC1)C(=O)Nc1cc2c3c(c1)CCN3C(=O)CC2. The zero-order chi connectivity index (χ0) is 18.3. The first-order valence-electron chi connectivity index (χ1n) is 9.26. The van der Waals surface area contributed by atoms with E-state index in [0.717, 1.165) is 36.1 Å². The monoisotopic (exact) mass is 357 g/mol. The minimum Gasteiger partial charge on any atom is -0.393 e. The molecule has 0 bridgehead atoms. The molecular formula is C19H23N3O4. The summed E-state index contributed by atoms with van der Waals surface area (Å²) in [7, 11) is 0. The van der Waals surface area contributed by atoms with Crippen LogP contribution < -0.4 is 15.5 Å². The second-order valence-electron chi connectivity index (χ2n) is 7.34. The van der Waals surface area contributed by atoms with Gasteiger partial charge in [0.1, 0.15) is 0 Å². The van der Waals surface area contributed by atoms with Crippen LogP contribution in [0, 0.1) is 5.92 Å². The maximum Gasteiger partial charge on any atom is 0.313 e. The molecule has 4 rings (SSSR count). The van der Waals surface area contributed by atoms with Crippen LogP contribution in [-0.4, -0.2) is 42.0 Å². The summed E-state index contributed by atoms with van der Waals surface area (Å²) >= 11 is 0. The fourth-order valence-electron chi connectivity index (χ4n) is 3.85. The van der Waals surface area contributed by atoms with Gasteiger partial charge < -0.3 is 20.6 Å². The van der Waals surface area contributed by atoms with Gasteiger partial charge in [0, 0.05) is 25.2 Å². The zero-order valence-corrected chi connectivity index (χ0v) is 14.6. The second-order valence-corrected chi connectivity index (χ2v) is 7.34. The van der Waals surface area contributed by atoms with Gasteiger partial charge in [0.15, 0.2) is 0 Å². The molecule has 2 heterocycles. The molecule has 0 unspecified atom stereocenters. The van der Waals surface area contributed by atoms with Crippen molar-refractivity contribution >= 4 is 29.1 Å². The number of rotatable bonds is 5. The molecule has 3 N–H and O–H groups in total. The highest BCUT2D eigenvalue weighted by Crippen LogP contribution is 2.38. The number of nitrogens with one attached hydrogen (secondary N) is 2. The zero-order valence-electron chi connectivity index (χ0n) is 14.6. The number of anilines is 2. The molecule has 0 spiro atoms. The number of benzene rings is 1. The summed E-state index contributed by atoms with van der Waals surface area (Å²) in [5.74, 6) is -0.893. The number of hydrogen-bond acceptors (Lipinski definition) is 4. The molecule has 1 saturated carbocycles. The summed E-state index contributed by atoms with van der Waals surface area (Å²) in [6.45, 7) is 0.971. The average molecular weight is 357 g/mol. The van der Waals surface area contributed by atoms with E-state index in [1.165, 1.54) is 0 Å². The van der Waals surface area contributed by atoms with Crippen LogP contribution >= 0.6 is 0 Å². The Kier molecular flexibility index (Phi) is 4.40. The van der Waals surface area contributed by atoms with Crippen LogP contribution in [0.4, 0.5) is 11.4 Å². The van der Waals surface area contributed by atoms with E-state index < -0.39 is 17.9 Å². The van der Waals surface area contributed by atoms with Gasteiger partial charge in [-0.1, -0.05) is 0 Å². The summed E-state index contributed by atoms with van der Waals surface area (Å²) in [4.78, 5) is 37.8. The number of carbonyl (C=O) groups excluding carboxylic acids is 3. The molecule has 0 saturated heterocycles. The standard InChI is InChI=1S/C19H23N3O4/c23-15(11-1-2-11)5-7-20-18(25)19(26)21-14-9-12-3-4-16(24)22-8-6-13(10-14)17(12)22/h9-11,15,23H,1-8H2,(H,20,25)(H,21,26)/t15-/m1/s1. The minimum absolute atomic E-state index is 0.154. The normalized spacial score (nSPS) is 19.1. The number of carbonyl (C=O) groups is 3. The fraction of sp³-hybridized carbons (Fsp3) is 0.526. The molecule has 0 aromatic heterocycles. The van der Waals surface area contributed by atoms with E-state index >= 15 is 0 Å². The van der Waals surface area contributed by atoms with Crippen LogP contribution in [0.1, 0.15) is 36.8 Å². The molecule has 7 nitrogen and oxygen atoms in total. The van der Waals surface area contributed by atoms with E-state index in [2.05, 4.69) is 10.6 Å². The van der Waals surface area contributed by atoms with Gasteiger partial charge in [0.25, 0.3) is 0 Å². The Morgan fingerprint density at radius 2 is 1.88 bits per heavy atom. The van der Waals surface area contributed by atoms with Crippen molar-refractivity contribution in [2.45, 2.75) is 44.6 Å². The average Bonchev–Trinajstić information content (AvgIpc) is 3.38. The number of nitrogens with zero attached hydrogens (tertiary/aromatic N) is 1. The van der Waals surface area contributed by atoms with Crippen molar-refractivity contribution in [1.82, 2.24) is 5.32 Å². The van der Waals surface area contributed by atoms with Crippen LogP contribution in [0.15, 0.2) is 12.1 Å². The number of aliphatic hydroxyl groups is 1. The summed E-state index contributed by atoms with van der Waals surface area (Å²) in [5, 5.41) is 15.0. The highest BCUT2D eigenvalue weighted by atomic mass is 16.3. The summed E-state index contributed by atoms with van der Waals surface area (Å²) in [6.07, 6.45) is 4.06. The van der Waals surface area contributed by atoms with E-state index in [1.807, 2.05) is 17.0 Å². The third-order valence-corrected chi connectivity index (χ3v) is 5.41. The molecule has 26 heavy (non-hydrogen) atoms. The number of amides is 3. The third-order valence-electron chi connectivity index (χ3n) is 5.41. The van der Waals surface area contributed by atoms with E-state index in [4.69, 9.17) is 0 Å². The predicted molar refractivity (Wildman–Crippen MR) is 95.8 cm³/mol. The van der Waals surface area contributed by atoms with E-state index in [-0.39, 0.29) is 12.5 Å². The quantitative estimate of drug-likeness (QED) is 0.677. The van der Waals surface area contributed by atoms with Gasteiger partial charge in [0.2, 0.25) is 5.91 Å². The molecule has 3 aliphatic rings. The van der Waals surface area contributed by atoms with Crippen LogP contribution in [0.5, 0.6) is 0 Å². The molecule has 1 aliphatic carbocycles. The fourth-order valence-corrected chi connectivity index (χ4v) is 3.85. The molecule has 3 amide bonds. The van der Waals surface area contributed by atoms with Gasteiger partial charge in [0.05, 0.1) is 11.8 Å². The lowest BCUT2D eigenvalue weighted by atomic mass is 9.98. The van der Waals surface area contributed by atoms with Crippen LogP contribution in [-0.2, 0) is 27.2 Å². The second kappa shape index (κ2) is 6.72. The van der Waals surface area contributed by atoms with Crippen molar-refractivity contribution in [1.29, 1.82) is 0 Å². The third kappa shape index (κ3) is 3.31. The van der Waals surface area contributed by atoms with Crippen LogP contribution in [0.3, 0.4) is 0 Å². The summed E-state index contributed by atoms with van der Waals surface area (Å²) < 4.78 is 0. The summed E-state index contributed by atoms with van der Waals surface area (Å²) in [5.41, 5.74) is 3.66. The van der Waals surface area contributed by atoms with Crippen molar-refractivity contribution in [3.8, 4) is 0 Å². The van der Waals surface area contributed by atoms with Crippen molar-refractivity contribution in [2.75, 3.05) is 23.3 Å². The first-order chi connectivity index (χ1) is 12.5. The van der Waals surface area contributed by atoms with Gasteiger partial charge in [-0.2, -0.15) is 0 Å². The molecule has 1 atom stereocenters.